The summed E-state index contributed by atoms with van der Waals surface area (Å²) in [7, 11) is 1.68. The van der Waals surface area contributed by atoms with Crippen LogP contribution in [-0.4, -0.2) is 42.6 Å². The summed E-state index contributed by atoms with van der Waals surface area (Å²) in [5.41, 5.74) is 0.873. The van der Waals surface area contributed by atoms with Crippen LogP contribution >= 0.6 is 0 Å². The van der Waals surface area contributed by atoms with Gasteiger partial charge in [0.2, 0.25) is 0 Å². The first-order valence-corrected chi connectivity index (χ1v) is 7.54. The Bertz CT molecular complexity index is 929. The Balaban J connectivity index is 1.89. The summed E-state index contributed by atoms with van der Waals surface area (Å²) in [5, 5.41) is 4.15. The van der Waals surface area contributed by atoms with Crippen molar-refractivity contribution in [3.8, 4) is 5.95 Å². The Morgan fingerprint density at radius 2 is 2.00 bits per heavy atom. The molecule has 0 saturated heterocycles. The van der Waals surface area contributed by atoms with Crippen molar-refractivity contribution in [2.75, 3.05) is 7.05 Å². The Hall–Kier alpha value is -3.60. The second-order valence-electron chi connectivity index (χ2n) is 5.33. The fourth-order valence-electron chi connectivity index (χ4n) is 2.35. The highest BCUT2D eigenvalue weighted by Crippen LogP contribution is 2.22. The molecule has 2 aromatic heterocycles. The van der Waals surface area contributed by atoms with Gasteiger partial charge in [0.15, 0.2) is 11.5 Å². The molecule has 0 N–H and O–H groups in total. The Morgan fingerprint density at radius 1 is 1.24 bits per heavy atom. The van der Waals surface area contributed by atoms with E-state index in [2.05, 4.69) is 24.9 Å². The minimum Gasteiger partial charge on any atom is -0.332 e. The predicted molar refractivity (Wildman–Crippen MR) is 90.2 cm³/mol. The van der Waals surface area contributed by atoms with Gasteiger partial charge in [0, 0.05) is 25.0 Å². The molecule has 0 saturated carbocycles. The lowest BCUT2D eigenvalue weighted by atomic mass is 10.1. The van der Waals surface area contributed by atoms with Gasteiger partial charge in [-0.15, -0.1) is 0 Å². The summed E-state index contributed by atoms with van der Waals surface area (Å²) in [6, 6.07) is 7.96. The molecule has 25 heavy (non-hydrogen) atoms. The molecule has 0 fully saturated rings. The summed E-state index contributed by atoms with van der Waals surface area (Å²) in [6.45, 7) is 8.92. The Labute approximate surface area is 144 Å². The smallest absolute Gasteiger partial charge is 0.252 e. The normalized spacial score (nSPS) is 11.6. The standard InChI is InChI=1S/C17H15N7O/c1-12(15-21-11-22-24(15)17-19-8-5-9-20-17)23(3)16(25)13-6-4-7-14(10-13)18-2/h4-12H,1,3H3. The molecule has 8 heteroatoms. The van der Waals surface area contributed by atoms with Gasteiger partial charge in [0.05, 0.1) is 12.6 Å². The predicted octanol–water partition coefficient (Wildman–Crippen LogP) is 2.44. The van der Waals surface area contributed by atoms with Crippen molar-refractivity contribution >= 4 is 11.6 Å². The first-order valence-electron chi connectivity index (χ1n) is 7.54. The zero-order chi connectivity index (χ0) is 17.8. The zero-order valence-corrected chi connectivity index (χ0v) is 13.7. The van der Waals surface area contributed by atoms with Crippen LogP contribution in [0.5, 0.6) is 0 Å². The van der Waals surface area contributed by atoms with E-state index < -0.39 is 0 Å². The number of rotatable bonds is 4. The van der Waals surface area contributed by atoms with Gasteiger partial charge in [-0.1, -0.05) is 18.2 Å². The van der Waals surface area contributed by atoms with Gasteiger partial charge >= 0.3 is 0 Å². The van der Waals surface area contributed by atoms with E-state index in [-0.39, 0.29) is 11.9 Å². The average Bonchev–Trinajstić information content (AvgIpc) is 3.16. The van der Waals surface area contributed by atoms with E-state index in [9.17, 15) is 4.79 Å². The molecule has 124 valence electrons. The van der Waals surface area contributed by atoms with E-state index in [1.165, 1.54) is 11.0 Å². The molecule has 1 atom stereocenters. The number of nitrogens with zero attached hydrogens (tertiary/aromatic N) is 7. The number of carbonyl (C=O) groups is 1. The maximum Gasteiger partial charge on any atom is 0.252 e. The fraction of sp³-hybridized carbons (Fsp3) is 0.176. The minimum absolute atomic E-state index is 0.207. The van der Waals surface area contributed by atoms with E-state index in [1.54, 1.807) is 54.7 Å². The largest absolute Gasteiger partial charge is 0.332 e. The highest BCUT2D eigenvalue weighted by molar-refractivity contribution is 5.95. The summed E-state index contributed by atoms with van der Waals surface area (Å²) in [6.07, 6.45) is 4.63. The lowest BCUT2D eigenvalue weighted by molar-refractivity contribution is 0.0735. The highest BCUT2D eigenvalue weighted by atomic mass is 16.2. The van der Waals surface area contributed by atoms with Crippen molar-refractivity contribution in [2.24, 2.45) is 0 Å². The van der Waals surface area contributed by atoms with E-state index >= 15 is 0 Å². The van der Waals surface area contributed by atoms with Crippen molar-refractivity contribution in [1.82, 2.24) is 29.6 Å². The van der Waals surface area contributed by atoms with Crippen LogP contribution in [0.15, 0.2) is 49.1 Å². The van der Waals surface area contributed by atoms with Gasteiger partial charge < -0.3 is 4.90 Å². The lowest BCUT2D eigenvalue weighted by Gasteiger charge is -2.24. The molecule has 0 bridgehead atoms. The van der Waals surface area contributed by atoms with Gasteiger partial charge in [-0.25, -0.2) is 19.8 Å². The van der Waals surface area contributed by atoms with Crippen LogP contribution in [0.2, 0.25) is 0 Å². The molecule has 1 amide bonds. The van der Waals surface area contributed by atoms with Crippen LogP contribution in [-0.2, 0) is 0 Å². The van der Waals surface area contributed by atoms with Crippen molar-refractivity contribution in [1.29, 1.82) is 0 Å². The van der Waals surface area contributed by atoms with E-state index in [1.807, 2.05) is 6.92 Å². The summed E-state index contributed by atoms with van der Waals surface area (Å²) in [4.78, 5) is 30.2. The van der Waals surface area contributed by atoms with Crippen molar-refractivity contribution in [3.63, 3.8) is 0 Å². The van der Waals surface area contributed by atoms with Crippen LogP contribution < -0.4 is 0 Å². The van der Waals surface area contributed by atoms with Crippen LogP contribution in [0, 0.1) is 6.57 Å². The van der Waals surface area contributed by atoms with Crippen LogP contribution in [0.25, 0.3) is 10.8 Å². The molecule has 3 rings (SSSR count). The average molecular weight is 333 g/mol. The number of aromatic nitrogens is 5. The zero-order valence-electron chi connectivity index (χ0n) is 13.7. The molecular formula is C17H15N7O. The number of hydrogen-bond donors (Lipinski definition) is 0. The highest BCUT2D eigenvalue weighted by Gasteiger charge is 2.24. The molecule has 2 heterocycles. The van der Waals surface area contributed by atoms with Gasteiger partial charge in [0.1, 0.15) is 6.33 Å². The SMILES string of the molecule is [C-]#[N+]c1cccc(C(=O)N(C)C(C)c2ncnn2-c2ncccn2)c1. The second-order valence-corrected chi connectivity index (χ2v) is 5.33. The van der Waals surface area contributed by atoms with Crippen LogP contribution in [0.3, 0.4) is 0 Å². The van der Waals surface area contributed by atoms with Crippen LogP contribution in [0.4, 0.5) is 5.69 Å². The maximum atomic E-state index is 12.7. The number of amides is 1. The quantitative estimate of drug-likeness (QED) is 0.685. The monoisotopic (exact) mass is 333 g/mol. The Kier molecular flexibility index (Phi) is 4.48. The van der Waals surface area contributed by atoms with Gasteiger partial charge in [-0.3, -0.25) is 4.79 Å². The van der Waals surface area contributed by atoms with E-state index in [0.717, 1.165) is 0 Å². The topological polar surface area (TPSA) is 81.2 Å². The first-order chi connectivity index (χ1) is 12.1. The van der Waals surface area contributed by atoms with Gasteiger partial charge in [-0.05, 0) is 19.1 Å². The molecule has 1 unspecified atom stereocenters. The van der Waals surface area contributed by atoms with E-state index in [0.29, 0.717) is 23.0 Å². The maximum absolute atomic E-state index is 12.7. The molecule has 0 aliphatic carbocycles. The van der Waals surface area contributed by atoms with Gasteiger partial charge in [-0.2, -0.15) is 9.78 Å². The molecule has 0 spiro atoms. The number of carbonyl (C=O) groups excluding carboxylic acids is 1. The molecule has 1 aromatic carbocycles. The molecular weight excluding hydrogens is 318 g/mol. The lowest BCUT2D eigenvalue weighted by Crippen LogP contribution is -2.31. The fourth-order valence-corrected chi connectivity index (χ4v) is 2.35. The second kappa shape index (κ2) is 6.88. The van der Waals surface area contributed by atoms with Gasteiger partial charge in [0.25, 0.3) is 11.9 Å². The van der Waals surface area contributed by atoms with Crippen molar-refractivity contribution in [3.05, 3.63) is 71.9 Å². The molecule has 0 radical (unpaired) electrons. The summed E-state index contributed by atoms with van der Waals surface area (Å²) >= 11 is 0. The van der Waals surface area contributed by atoms with Crippen molar-refractivity contribution in [2.45, 2.75) is 13.0 Å². The molecule has 0 aliphatic rings. The van der Waals surface area contributed by atoms with Crippen molar-refractivity contribution < 1.29 is 4.79 Å². The third-order valence-electron chi connectivity index (χ3n) is 3.81. The molecule has 0 aliphatic heterocycles. The minimum atomic E-state index is -0.365. The first kappa shape index (κ1) is 16.3. The van der Waals surface area contributed by atoms with Crippen LogP contribution in [0.1, 0.15) is 29.1 Å². The Morgan fingerprint density at radius 3 is 2.72 bits per heavy atom. The van der Waals surface area contributed by atoms with E-state index in [4.69, 9.17) is 6.57 Å². The summed E-state index contributed by atoms with van der Waals surface area (Å²) in [5.74, 6) is 0.725. The molecule has 3 aromatic rings. The number of benzene rings is 1. The third kappa shape index (κ3) is 3.21. The summed E-state index contributed by atoms with van der Waals surface area (Å²) < 4.78 is 1.50. The number of hydrogen-bond acceptors (Lipinski definition) is 5. The molecule has 8 nitrogen and oxygen atoms in total. The third-order valence-corrected chi connectivity index (χ3v) is 3.81.